The molecule has 2 fully saturated rings. The van der Waals surface area contributed by atoms with Crippen molar-refractivity contribution < 1.29 is 28.2 Å². The summed E-state index contributed by atoms with van der Waals surface area (Å²) in [4.78, 5) is 21.8. The molecule has 2 aliphatic rings. The highest BCUT2D eigenvalue weighted by molar-refractivity contribution is 5.68. The fourth-order valence-electron chi connectivity index (χ4n) is 3.56. The number of methoxy groups -OCH3 is 1. The second kappa shape index (κ2) is 8.61. The molecule has 31 heavy (non-hydrogen) atoms. The van der Waals surface area contributed by atoms with Crippen LogP contribution >= 0.6 is 0 Å². The highest BCUT2D eigenvalue weighted by atomic mass is 19.3. The molecule has 0 spiro atoms. The molecule has 10 nitrogen and oxygen atoms in total. The van der Waals surface area contributed by atoms with Gasteiger partial charge in [-0.3, -0.25) is 0 Å². The Morgan fingerprint density at radius 1 is 1.32 bits per heavy atom. The van der Waals surface area contributed by atoms with E-state index in [-0.39, 0.29) is 43.4 Å². The molecule has 0 radical (unpaired) electrons. The molecular weight excluding hydrogens is 414 g/mol. The minimum absolute atomic E-state index is 0.139. The number of halogens is 2. The maximum absolute atomic E-state index is 13.5. The Morgan fingerprint density at radius 2 is 2.06 bits per heavy atom. The summed E-state index contributed by atoms with van der Waals surface area (Å²) in [6.07, 6.45) is 1.25. The lowest BCUT2D eigenvalue weighted by Crippen LogP contribution is -2.56. The molecule has 1 saturated heterocycles. The molecule has 0 bridgehead atoms. The average molecular weight is 438 g/mol. The Bertz CT molecular complexity index is 924. The first kappa shape index (κ1) is 21.2. The van der Waals surface area contributed by atoms with Crippen molar-refractivity contribution in [3.05, 3.63) is 24.0 Å². The third-order valence-electron chi connectivity index (χ3n) is 5.34. The van der Waals surface area contributed by atoms with Crippen molar-refractivity contribution in [2.24, 2.45) is 0 Å². The van der Waals surface area contributed by atoms with E-state index in [1.807, 2.05) is 0 Å². The number of aromatic nitrogens is 4. The summed E-state index contributed by atoms with van der Waals surface area (Å²) in [5.41, 5.74) is 0.451. The molecule has 0 atom stereocenters. The molecule has 168 valence electrons. The van der Waals surface area contributed by atoms with Gasteiger partial charge in [-0.1, -0.05) is 0 Å². The Labute approximate surface area is 177 Å². The normalized spacial score (nSPS) is 19.0. The summed E-state index contributed by atoms with van der Waals surface area (Å²) in [5, 5.41) is 16.6. The monoisotopic (exact) mass is 438 g/mol. The number of alkyl halides is 2. The van der Waals surface area contributed by atoms with Gasteiger partial charge in [0.2, 0.25) is 11.8 Å². The van der Waals surface area contributed by atoms with E-state index in [2.05, 4.69) is 25.1 Å². The van der Waals surface area contributed by atoms with Gasteiger partial charge >= 0.3 is 6.09 Å². The van der Waals surface area contributed by atoms with Crippen molar-refractivity contribution >= 4 is 11.9 Å². The highest BCUT2D eigenvalue weighted by Gasteiger charge is 2.35. The molecule has 0 unspecified atom stereocenters. The maximum Gasteiger partial charge on any atom is 0.409 e. The highest BCUT2D eigenvalue weighted by Crippen LogP contribution is 2.34. The number of aliphatic hydroxyl groups excluding tert-OH is 1. The van der Waals surface area contributed by atoms with Gasteiger partial charge in [0, 0.05) is 31.1 Å². The lowest BCUT2D eigenvalue weighted by atomic mass is 9.92. The molecule has 2 aromatic heterocycles. The average Bonchev–Trinajstić information content (AvgIpc) is 3.21. The van der Waals surface area contributed by atoms with Gasteiger partial charge < -0.3 is 24.8 Å². The van der Waals surface area contributed by atoms with Gasteiger partial charge in [-0.05, 0) is 18.9 Å². The fraction of sp³-hybridized carbons (Fsp3) is 0.579. The zero-order chi connectivity index (χ0) is 22.0. The molecule has 1 amide bonds. The van der Waals surface area contributed by atoms with Crippen LogP contribution < -0.4 is 10.1 Å². The first-order chi connectivity index (χ1) is 14.8. The van der Waals surface area contributed by atoms with Crippen molar-refractivity contribution in [3.63, 3.8) is 0 Å². The van der Waals surface area contributed by atoms with Gasteiger partial charge in [-0.15, -0.1) is 0 Å². The molecular formula is C19H24F2N6O4. The lowest BCUT2D eigenvalue weighted by molar-refractivity contribution is -0.0361. The SMILES string of the molecule is COC(=O)N1CC(Oc2cc(NC3CCC(F)(F)CC3)nc(-n3ccc(CO)n3)n2)C1. The Morgan fingerprint density at radius 3 is 2.71 bits per heavy atom. The number of nitrogens with zero attached hydrogens (tertiary/aromatic N) is 5. The Balaban J connectivity index is 1.50. The van der Waals surface area contributed by atoms with E-state index in [1.165, 1.54) is 16.7 Å². The smallest absolute Gasteiger partial charge is 0.409 e. The van der Waals surface area contributed by atoms with Crippen molar-refractivity contribution in [3.8, 4) is 11.8 Å². The number of carbonyl (C=O) groups is 1. The minimum Gasteiger partial charge on any atom is -0.470 e. The number of hydrogen-bond acceptors (Lipinski definition) is 8. The minimum atomic E-state index is -2.62. The summed E-state index contributed by atoms with van der Waals surface area (Å²) in [6.45, 7) is 0.502. The quantitative estimate of drug-likeness (QED) is 0.704. The zero-order valence-electron chi connectivity index (χ0n) is 17.0. The molecule has 1 saturated carbocycles. The zero-order valence-corrected chi connectivity index (χ0v) is 17.0. The largest absolute Gasteiger partial charge is 0.470 e. The number of ether oxygens (including phenoxy) is 2. The summed E-state index contributed by atoms with van der Waals surface area (Å²) in [6, 6.07) is 3.10. The molecule has 2 aromatic rings. The van der Waals surface area contributed by atoms with E-state index < -0.39 is 12.0 Å². The molecule has 0 aromatic carbocycles. The van der Waals surface area contributed by atoms with Crippen LogP contribution in [0.2, 0.25) is 0 Å². The van der Waals surface area contributed by atoms with Gasteiger partial charge in [-0.25, -0.2) is 18.3 Å². The van der Waals surface area contributed by atoms with Crippen LogP contribution in [0.3, 0.4) is 0 Å². The van der Waals surface area contributed by atoms with E-state index >= 15 is 0 Å². The van der Waals surface area contributed by atoms with E-state index in [9.17, 15) is 18.7 Å². The van der Waals surface area contributed by atoms with Gasteiger partial charge in [0.25, 0.3) is 5.95 Å². The molecule has 1 aliphatic carbocycles. The van der Waals surface area contributed by atoms with E-state index in [4.69, 9.17) is 4.74 Å². The summed E-state index contributed by atoms with van der Waals surface area (Å²) in [5.74, 6) is -1.70. The molecule has 1 aliphatic heterocycles. The van der Waals surface area contributed by atoms with Crippen LogP contribution in [-0.4, -0.2) is 74.1 Å². The van der Waals surface area contributed by atoms with Crippen LogP contribution in [0.1, 0.15) is 31.4 Å². The fourth-order valence-corrected chi connectivity index (χ4v) is 3.56. The van der Waals surface area contributed by atoms with Gasteiger partial charge in [0.05, 0.1) is 32.5 Å². The number of anilines is 1. The predicted octanol–water partition coefficient (Wildman–Crippen LogP) is 1.97. The third-order valence-corrected chi connectivity index (χ3v) is 5.34. The predicted molar refractivity (Wildman–Crippen MR) is 104 cm³/mol. The van der Waals surface area contributed by atoms with Crippen LogP contribution in [0.4, 0.5) is 19.4 Å². The summed E-state index contributed by atoms with van der Waals surface area (Å²) >= 11 is 0. The molecule has 3 heterocycles. The number of likely N-dealkylation sites (tertiary alicyclic amines) is 1. The second-order valence-corrected chi connectivity index (χ2v) is 7.69. The maximum atomic E-state index is 13.5. The Hall–Kier alpha value is -3.02. The lowest BCUT2D eigenvalue weighted by Gasteiger charge is -2.37. The first-order valence-corrected chi connectivity index (χ1v) is 10.0. The van der Waals surface area contributed by atoms with Crippen LogP contribution in [0, 0.1) is 0 Å². The number of rotatable bonds is 6. The van der Waals surface area contributed by atoms with E-state index in [0.29, 0.717) is 37.4 Å². The molecule has 4 rings (SSSR count). The van der Waals surface area contributed by atoms with Crippen molar-refractivity contribution in [1.82, 2.24) is 24.6 Å². The van der Waals surface area contributed by atoms with Crippen LogP contribution in [0.5, 0.6) is 5.88 Å². The number of amides is 1. The van der Waals surface area contributed by atoms with Gasteiger partial charge in [0.15, 0.2) is 0 Å². The van der Waals surface area contributed by atoms with E-state index in [1.54, 1.807) is 18.3 Å². The molecule has 12 heteroatoms. The topological polar surface area (TPSA) is 115 Å². The van der Waals surface area contributed by atoms with Crippen molar-refractivity contribution in [1.29, 1.82) is 0 Å². The summed E-state index contributed by atoms with van der Waals surface area (Å²) < 4.78 is 38.9. The number of hydrogen-bond donors (Lipinski definition) is 2. The first-order valence-electron chi connectivity index (χ1n) is 10.0. The van der Waals surface area contributed by atoms with Crippen molar-refractivity contribution in [2.75, 3.05) is 25.5 Å². The standard InChI is InChI=1S/C19H24F2N6O4/c1-30-18(29)26-9-14(10-26)31-16-8-15(22-12-2-5-19(20,21)6-3-12)23-17(24-16)27-7-4-13(11-28)25-27/h4,7-8,12,14,28H,2-3,5-6,9-11H2,1H3,(H,22,23,24). The third kappa shape index (κ3) is 5.01. The van der Waals surface area contributed by atoms with Crippen LogP contribution in [0.15, 0.2) is 18.3 Å². The Kier molecular flexibility index (Phi) is 5.90. The number of aliphatic hydroxyl groups is 1. The molecule has 2 N–H and O–H groups in total. The van der Waals surface area contributed by atoms with Gasteiger partial charge in [-0.2, -0.15) is 15.1 Å². The second-order valence-electron chi connectivity index (χ2n) is 7.69. The van der Waals surface area contributed by atoms with E-state index in [0.717, 1.165) is 0 Å². The summed E-state index contributed by atoms with van der Waals surface area (Å²) in [7, 11) is 1.32. The van der Waals surface area contributed by atoms with Gasteiger partial charge in [0.1, 0.15) is 11.9 Å². The van der Waals surface area contributed by atoms with Crippen LogP contribution in [0.25, 0.3) is 5.95 Å². The number of nitrogens with one attached hydrogen (secondary N) is 1. The number of carbonyl (C=O) groups excluding carboxylic acids is 1. The van der Waals surface area contributed by atoms with Crippen LogP contribution in [-0.2, 0) is 11.3 Å². The van der Waals surface area contributed by atoms with Crippen molar-refractivity contribution in [2.45, 2.75) is 50.4 Å².